The van der Waals surface area contributed by atoms with Crippen molar-refractivity contribution < 1.29 is 23.8 Å². The number of ketones is 1. The maximum absolute atomic E-state index is 13.3. The Hall–Kier alpha value is -3.10. The summed E-state index contributed by atoms with van der Waals surface area (Å²) >= 11 is 0. The van der Waals surface area contributed by atoms with Gasteiger partial charge in [-0.05, 0) is 48.4 Å². The molecule has 0 spiro atoms. The third-order valence-electron chi connectivity index (χ3n) is 5.66. The molecule has 0 radical (unpaired) electrons. The van der Waals surface area contributed by atoms with Crippen LogP contribution >= 0.6 is 0 Å². The molecule has 1 amide bonds. The van der Waals surface area contributed by atoms with E-state index < -0.39 is 23.5 Å². The fourth-order valence-corrected chi connectivity index (χ4v) is 4.06. The number of amides is 1. The van der Waals surface area contributed by atoms with Crippen LogP contribution in [-0.4, -0.2) is 71.0 Å². The maximum atomic E-state index is 13.3. The van der Waals surface area contributed by atoms with Gasteiger partial charge >= 0.3 is 0 Å². The van der Waals surface area contributed by atoms with Crippen molar-refractivity contribution >= 4 is 17.4 Å². The minimum absolute atomic E-state index is 0.00850. The number of halogens is 1. The quantitative estimate of drug-likeness (QED) is 0.435. The molecular formula is C23H24FN3O4. The van der Waals surface area contributed by atoms with Crippen molar-refractivity contribution in [3.63, 3.8) is 0 Å². The number of likely N-dealkylation sites (tertiary alicyclic amines) is 1. The van der Waals surface area contributed by atoms with Crippen molar-refractivity contribution in [3.8, 4) is 0 Å². The van der Waals surface area contributed by atoms with Crippen LogP contribution in [0.2, 0.25) is 0 Å². The van der Waals surface area contributed by atoms with Gasteiger partial charge < -0.3 is 14.7 Å². The average molecular weight is 425 g/mol. The van der Waals surface area contributed by atoms with Crippen molar-refractivity contribution in [3.05, 3.63) is 71.3 Å². The molecule has 8 heteroatoms. The summed E-state index contributed by atoms with van der Waals surface area (Å²) in [5.41, 5.74) is 0.977. The summed E-state index contributed by atoms with van der Waals surface area (Å²) in [5.74, 6) is -2.15. The minimum Gasteiger partial charge on any atom is -0.507 e. The molecule has 1 aromatic carbocycles. The molecular weight excluding hydrogens is 401 g/mol. The summed E-state index contributed by atoms with van der Waals surface area (Å²) in [7, 11) is 0. The van der Waals surface area contributed by atoms with Crippen LogP contribution in [0.5, 0.6) is 0 Å². The third kappa shape index (κ3) is 4.50. The number of rotatable bonds is 6. The highest BCUT2D eigenvalue weighted by Gasteiger charge is 2.45. The van der Waals surface area contributed by atoms with Crippen LogP contribution in [0.1, 0.15) is 23.6 Å². The minimum atomic E-state index is -0.741. The summed E-state index contributed by atoms with van der Waals surface area (Å²) in [5, 5.41) is 10.9. The lowest BCUT2D eigenvalue weighted by atomic mass is 9.96. The van der Waals surface area contributed by atoms with E-state index in [1.807, 2.05) is 0 Å². The van der Waals surface area contributed by atoms with Gasteiger partial charge in [-0.1, -0.05) is 0 Å². The van der Waals surface area contributed by atoms with Gasteiger partial charge in [0.15, 0.2) is 0 Å². The Balaban J connectivity index is 1.64. The second kappa shape index (κ2) is 9.36. The van der Waals surface area contributed by atoms with E-state index in [1.54, 1.807) is 24.5 Å². The molecule has 1 atom stereocenters. The van der Waals surface area contributed by atoms with Crippen molar-refractivity contribution in [1.82, 2.24) is 14.8 Å². The van der Waals surface area contributed by atoms with Gasteiger partial charge in [0.05, 0.1) is 24.8 Å². The Bertz CT molecular complexity index is 972. The summed E-state index contributed by atoms with van der Waals surface area (Å²) in [6.07, 6.45) is 3.85. The van der Waals surface area contributed by atoms with E-state index in [-0.39, 0.29) is 16.9 Å². The maximum Gasteiger partial charge on any atom is 0.295 e. The van der Waals surface area contributed by atoms with E-state index >= 15 is 0 Å². The standard InChI is InChI=1S/C23H24FN3O4/c24-18-4-2-17(3-5-18)21(28)19-20(16-6-8-25-9-7-16)27(23(30)22(19)29)11-1-10-26-12-14-31-15-13-26/h2-9,20,28H,1,10-15H2/b21-19-. The average Bonchev–Trinajstić information content (AvgIpc) is 3.05. The SMILES string of the molecule is O=C1C(=O)N(CCCN2CCOCC2)C(c2ccncc2)/C1=C(/O)c1ccc(F)cc1. The number of Topliss-reactive ketones (excluding diaryl/α,β-unsaturated/α-hetero) is 1. The van der Waals surface area contributed by atoms with Crippen LogP contribution < -0.4 is 0 Å². The number of aliphatic hydroxyl groups excluding tert-OH is 1. The Kier molecular flexibility index (Phi) is 6.39. The van der Waals surface area contributed by atoms with Gasteiger partial charge in [-0.3, -0.25) is 19.5 Å². The normalized spacial score (nSPS) is 21.6. The van der Waals surface area contributed by atoms with Crippen molar-refractivity contribution in [2.45, 2.75) is 12.5 Å². The van der Waals surface area contributed by atoms with Crippen LogP contribution in [0.4, 0.5) is 4.39 Å². The second-order valence-electron chi connectivity index (χ2n) is 7.59. The van der Waals surface area contributed by atoms with Crippen molar-refractivity contribution in [1.29, 1.82) is 0 Å². The highest BCUT2D eigenvalue weighted by Crippen LogP contribution is 2.39. The number of carbonyl (C=O) groups excluding carboxylic acids is 2. The topological polar surface area (TPSA) is 83.0 Å². The molecule has 2 fully saturated rings. The first-order valence-electron chi connectivity index (χ1n) is 10.3. The number of hydrogen-bond donors (Lipinski definition) is 1. The highest BCUT2D eigenvalue weighted by atomic mass is 19.1. The molecule has 7 nitrogen and oxygen atoms in total. The first-order chi connectivity index (χ1) is 15.1. The molecule has 1 unspecified atom stereocenters. The van der Waals surface area contributed by atoms with Gasteiger partial charge in [-0.25, -0.2) is 4.39 Å². The van der Waals surface area contributed by atoms with Gasteiger partial charge in [-0.2, -0.15) is 0 Å². The number of morpholine rings is 1. The molecule has 0 aliphatic carbocycles. The zero-order valence-corrected chi connectivity index (χ0v) is 17.0. The summed E-state index contributed by atoms with van der Waals surface area (Å²) in [4.78, 5) is 33.6. The van der Waals surface area contributed by atoms with E-state index in [0.29, 0.717) is 31.7 Å². The van der Waals surface area contributed by atoms with E-state index in [0.717, 1.165) is 19.6 Å². The van der Waals surface area contributed by atoms with Gasteiger partial charge in [-0.15, -0.1) is 0 Å². The number of ether oxygens (including phenoxy) is 1. The highest BCUT2D eigenvalue weighted by molar-refractivity contribution is 6.46. The molecule has 1 aromatic heterocycles. The first-order valence-corrected chi connectivity index (χ1v) is 10.3. The first kappa shape index (κ1) is 21.1. The number of carbonyl (C=O) groups is 2. The number of aliphatic hydroxyl groups is 1. The predicted molar refractivity (Wildman–Crippen MR) is 112 cm³/mol. The monoisotopic (exact) mass is 425 g/mol. The molecule has 31 heavy (non-hydrogen) atoms. The Labute approximate surface area is 179 Å². The Morgan fingerprint density at radius 2 is 1.74 bits per heavy atom. The van der Waals surface area contributed by atoms with E-state index in [2.05, 4.69) is 9.88 Å². The lowest BCUT2D eigenvalue weighted by molar-refractivity contribution is -0.140. The second-order valence-corrected chi connectivity index (χ2v) is 7.59. The molecule has 2 aromatic rings. The van der Waals surface area contributed by atoms with Crippen LogP contribution in [0.25, 0.3) is 5.76 Å². The van der Waals surface area contributed by atoms with E-state index in [1.165, 1.54) is 29.2 Å². The number of aromatic nitrogens is 1. The molecule has 1 N–H and O–H groups in total. The van der Waals surface area contributed by atoms with Gasteiger partial charge in [0.2, 0.25) is 0 Å². The largest absolute Gasteiger partial charge is 0.507 e. The number of hydrogen-bond acceptors (Lipinski definition) is 6. The molecule has 2 aliphatic heterocycles. The van der Waals surface area contributed by atoms with E-state index in [9.17, 15) is 19.1 Å². The fourth-order valence-electron chi connectivity index (χ4n) is 4.06. The zero-order chi connectivity index (χ0) is 21.8. The number of pyridine rings is 1. The predicted octanol–water partition coefficient (Wildman–Crippen LogP) is 2.36. The smallest absolute Gasteiger partial charge is 0.295 e. The molecule has 162 valence electrons. The molecule has 2 saturated heterocycles. The molecule has 3 heterocycles. The summed E-state index contributed by atoms with van der Waals surface area (Å²) in [6, 6.07) is 7.91. The van der Waals surface area contributed by atoms with Gasteiger partial charge in [0.25, 0.3) is 11.7 Å². The summed E-state index contributed by atoms with van der Waals surface area (Å²) < 4.78 is 18.7. The van der Waals surface area contributed by atoms with Crippen LogP contribution in [0.3, 0.4) is 0 Å². The lowest BCUT2D eigenvalue weighted by Crippen LogP contribution is -2.38. The Morgan fingerprint density at radius 3 is 2.42 bits per heavy atom. The van der Waals surface area contributed by atoms with Crippen molar-refractivity contribution in [2.24, 2.45) is 0 Å². The van der Waals surface area contributed by atoms with Crippen LogP contribution in [0.15, 0.2) is 54.4 Å². The van der Waals surface area contributed by atoms with Crippen molar-refractivity contribution in [2.75, 3.05) is 39.4 Å². The Morgan fingerprint density at radius 1 is 1.06 bits per heavy atom. The molecule has 4 rings (SSSR count). The van der Waals surface area contributed by atoms with Gasteiger partial charge in [0, 0.05) is 44.1 Å². The lowest BCUT2D eigenvalue weighted by Gasteiger charge is -2.29. The summed E-state index contributed by atoms with van der Waals surface area (Å²) in [6.45, 7) is 4.23. The van der Waals surface area contributed by atoms with E-state index in [4.69, 9.17) is 4.74 Å². The molecule has 0 saturated carbocycles. The van der Waals surface area contributed by atoms with Crippen LogP contribution in [0, 0.1) is 5.82 Å². The molecule has 0 bridgehead atoms. The fraction of sp³-hybridized carbons (Fsp3) is 0.348. The van der Waals surface area contributed by atoms with Gasteiger partial charge in [0.1, 0.15) is 11.6 Å². The molecule has 2 aliphatic rings. The third-order valence-corrected chi connectivity index (χ3v) is 5.66. The van der Waals surface area contributed by atoms with Crippen LogP contribution in [-0.2, 0) is 14.3 Å². The zero-order valence-electron chi connectivity index (χ0n) is 17.0. The number of benzene rings is 1. The number of nitrogens with zero attached hydrogens (tertiary/aromatic N) is 3.